The van der Waals surface area contributed by atoms with Crippen LogP contribution in [0.2, 0.25) is 5.02 Å². The van der Waals surface area contributed by atoms with Gasteiger partial charge in [-0.2, -0.15) is 0 Å². The van der Waals surface area contributed by atoms with Gasteiger partial charge in [-0.25, -0.2) is 4.39 Å². The second-order valence-electron chi connectivity index (χ2n) is 8.92. The van der Waals surface area contributed by atoms with E-state index in [0.29, 0.717) is 29.4 Å². The molecule has 172 valence electrons. The highest BCUT2D eigenvalue weighted by atomic mass is 35.5. The van der Waals surface area contributed by atoms with Crippen molar-refractivity contribution in [1.29, 1.82) is 0 Å². The van der Waals surface area contributed by atoms with E-state index in [4.69, 9.17) is 11.6 Å². The quantitative estimate of drug-likeness (QED) is 0.636. The van der Waals surface area contributed by atoms with E-state index in [1.165, 1.54) is 11.6 Å². The van der Waals surface area contributed by atoms with Gasteiger partial charge in [0.2, 0.25) is 0 Å². The molecule has 0 saturated carbocycles. The highest BCUT2D eigenvalue weighted by Crippen LogP contribution is 2.26. The van der Waals surface area contributed by atoms with Crippen LogP contribution in [-0.4, -0.2) is 77.1 Å². The monoisotopic (exact) mass is 467 g/mol. The predicted molar refractivity (Wildman–Crippen MR) is 128 cm³/mol. The largest absolute Gasteiger partial charge is 0.390 e. The zero-order valence-corrected chi connectivity index (χ0v) is 19.1. The van der Waals surface area contributed by atoms with E-state index in [-0.39, 0.29) is 17.8 Å². The van der Waals surface area contributed by atoms with Crippen molar-refractivity contribution in [2.75, 3.05) is 39.3 Å². The maximum atomic E-state index is 14.2. The number of β-amino-alcohol motifs (C(OH)–C–C–N with tert-alkyl or cyclic N) is 1. The Morgan fingerprint density at radius 2 is 1.64 bits per heavy atom. The molecule has 33 heavy (non-hydrogen) atoms. The normalized spacial score (nSPS) is 22.2. The summed E-state index contributed by atoms with van der Waals surface area (Å²) in [6, 6.07) is 17.8. The van der Waals surface area contributed by atoms with E-state index in [2.05, 4.69) is 21.9 Å². The van der Waals surface area contributed by atoms with Crippen molar-refractivity contribution in [3.05, 3.63) is 82.6 Å². The molecular weight excluding hydrogens is 441 g/mol. The van der Waals surface area contributed by atoms with E-state index in [9.17, 15) is 14.3 Å². The fourth-order valence-electron chi connectivity index (χ4n) is 5.01. The zero-order chi connectivity index (χ0) is 22.9. The summed E-state index contributed by atoms with van der Waals surface area (Å²) in [6.45, 7) is 5.14. The Labute approximate surface area is 198 Å². The first-order valence-electron chi connectivity index (χ1n) is 11.3. The van der Waals surface area contributed by atoms with Crippen LogP contribution in [0, 0.1) is 5.82 Å². The number of rotatable bonds is 4. The van der Waals surface area contributed by atoms with E-state index >= 15 is 0 Å². The molecule has 2 aliphatic rings. The lowest BCUT2D eigenvalue weighted by Gasteiger charge is -2.38. The number of amides is 1. The molecule has 0 unspecified atom stereocenters. The van der Waals surface area contributed by atoms with E-state index in [0.717, 1.165) is 37.7 Å². The van der Waals surface area contributed by atoms with Gasteiger partial charge in [-0.05, 0) is 35.2 Å². The molecule has 0 radical (unpaired) electrons. The van der Waals surface area contributed by atoms with Crippen LogP contribution in [0.3, 0.4) is 0 Å². The van der Waals surface area contributed by atoms with Crippen LogP contribution in [0.25, 0.3) is 10.8 Å². The summed E-state index contributed by atoms with van der Waals surface area (Å²) in [7, 11) is 0. The summed E-state index contributed by atoms with van der Waals surface area (Å²) in [5.41, 5.74) is 1.71. The number of hydrogen-bond acceptors (Lipinski definition) is 4. The smallest absolute Gasteiger partial charge is 0.254 e. The zero-order valence-electron chi connectivity index (χ0n) is 18.3. The molecule has 3 aromatic carbocycles. The van der Waals surface area contributed by atoms with Gasteiger partial charge in [0.15, 0.2) is 0 Å². The molecule has 0 spiro atoms. The minimum absolute atomic E-state index is 0.0849. The topological polar surface area (TPSA) is 47.0 Å². The fourth-order valence-corrected chi connectivity index (χ4v) is 5.14. The lowest BCUT2D eigenvalue weighted by molar-refractivity contribution is 0.0423. The summed E-state index contributed by atoms with van der Waals surface area (Å²) in [4.78, 5) is 19.7. The highest BCUT2D eigenvalue weighted by Gasteiger charge is 2.39. The SMILES string of the molecule is O=C(c1ccc(F)c2ccccc12)N1C[C@@H](O)[C@H](N2CCN(Cc3ccc(Cl)cc3)CC2)C1. The van der Waals surface area contributed by atoms with Gasteiger partial charge in [0, 0.05) is 61.8 Å². The van der Waals surface area contributed by atoms with Gasteiger partial charge in [0.1, 0.15) is 5.82 Å². The molecule has 2 atom stereocenters. The number of carbonyl (C=O) groups excluding carboxylic acids is 1. The van der Waals surface area contributed by atoms with E-state index in [1.54, 1.807) is 29.2 Å². The number of benzene rings is 3. The molecule has 0 aliphatic carbocycles. The molecule has 2 saturated heterocycles. The number of likely N-dealkylation sites (tertiary alicyclic amines) is 1. The van der Waals surface area contributed by atoms with Gasteiger partial charge < -0.3 is 10.0 Å². The summed E-state index contributed by atoms with van der Waals surface area (Å²) in [5.74, 6) is -0.493. The van der Waals surface area contributed by atoms with Gasteiger partial charge in [-0.15, -0.1) is 0 Å². The molecule has 5 rings (SSSR count). The van der Waals surface area contributed by atoms with Gasteiger partial charge >= 0.3 is 0 Å². The summed E-state index contributed by atoms with van der Waals surface area (Å²) in [5, 5.41) is 12.6. The van der Waals surface area contributed by atoms with Crippen molar-refractivity contribution in [3.8, 4) is 0 Å². The fraction of sp³-hybridized carbons (Fsp3) is 0.346. The van der Waals surface area contributed by atoms with Crippen LogP contribution in [0.15, 0.2) is 60.7 Å². The van der Waals surface area contributed by atoms with Crippen LogP contribution >= 0.6 is 11.6 Å². The number of hydrogen-bond donors (Lipinski definition) is 1. The maximum absolute atomic E-state index is 14.2. The number of nitrogens with zero attached hydrogens (tertiary/aromatic N) is 3. The number of aliphatic hydroxyl groups is 1. The maximum Gasteiger partial charge on any atom is 0.254 e. The Bertz CT molecular complexity index is 1150. The Morgan fingerprint density at radius 1 is 0.939 bits per heavy atom. The number of piperazine rings is 1. The minimum atomic E-state index is -0.594. The van der Waals surface area contributed by atoms with Crippen LogP contribution in [-0.2, 0) is 6.54 Å². The molecule has 2 heterocycles. The predicted octanol–water partition coefficient (Wildman–Crippen LogP) is 3.64. The van der Waals surface area contributed by atoms with Crippen molar-refractivity contribution < 1.29 is 14.3 Å². The molecule has 2 aliphatic heterocycles. The summed E-state index contributed by atoms with van der Waals surface area (Å²) in [6.07, 6.45) is -0.594. The van der Waals surface area contributed by atoms with Crippen molar-refractivity contribution in [2.45, 2.75) is 18.7 Å². The van der Waals surface area contributed by atoms with Crippen LogP contribution in [0.1, 0.15) is 15.9 Å². The third kappa shape index (κ3) is 4.62. The lowest BCUT2D eigenvalue weighted by Crippen LogP contribution is -2.53. The second-order valence-corrected chi connectivity index (χ2v) is 9.36. The molecule has 3 aromatic rings. The molecule has 5 nitrogen and oxygen atoms in total. The van der Waals surface area contributed by atoms with Gasteiger partial charge in [0.25, 0.3) is 5.91 Å². The third-order valence-corrected chi connectivity index (χ3v) is 7.09. The van der Waals surface area contributed by atoms with Crippen molar-refractivity contribution in [2.24, 2.45) is 0 Å². The first-order valence-corrected chi connectivity index (χ1v) is 11.7. The lowest BCUT2D eigenvalue weighted by atomic mass is 10.0. The molecule has 0 aromatic heterocycles. The minimum Gasteiger partial charge on any atom is -0.390 e. The van der Waals surface area contributed by atoms with Gasteiger partial charge in [-0.1, -0.05) is 48.0 Å². The highest BCUT2D eigenvalue weighted by molar-refractivity contribution is 6.30. The first kappa shape index (κ1) is 22.3. The van der Waals surface area contributed by atoms with Gasteiger partial charge in [0.05, 0.1) is 12.1 Å². The number of carbonyl (C=O) groups is 1. The van der Waals surface area contributed by atoms with Gasteiger partial charge in [-0.3, -0.25) is 14.6 Å². The molecule has 1 amide bonds. The number of fused-ring (bicyclic) bond motifs is 1. The molecule has 2 fully saturated rings. The Kier molecular flexibility index (Phi) is 6.34. The van der Waals surface area contributed by atoms with Crippen LogP contribution in [0.4, 0.5) is 4.39 Å². The standard InChI is InChI=1S/C26H27ClFN3O2/c27-19-7-5-18(6-8-19)15-29-11-13-30(14-12-29)24-16-31(17-25(24)32)26(33)22-9-10-23(28)21-4-2-1-3-20(21)22/h1-10,24-25,32H,11-17H2/t24-,25-/m1/s1. The average Bonchev–Trinajstić information content (AvgIpc) is 3.23. The number of halogens is 2. The molecular formula is C26H27ClFN3O2. The van der Waals surface area contributed by atoms with E-state index in [1.807, 2.05) is 18.2 Å². The van der Waals surface area contributed by atoms with Crippen LogP contribution < -0.4 is 0 Å². The summed E-state index contributed by atoms with van der Waals surface area (Å²) >= 11 is 5.98. The summed E-state index contributed by atoms with van der Waals surface area (Å²) < 4.78 is 14.2. The first-order chi connectivity index (χ1) is 16.0. The molecule has 1 N–H and O–H groups in total. The van der Waals surface area contributed by atoms with Crippen LogP contribution in [0.5, 0.6) is 0 Å². The number of aliphatic hydroxyl groups excluding tert-OH is 1. The van der Waals surface area contributed by atoms with Crippen molar-refractivity contribution in [3.63, 3.8) is 0 Å². The molecule has 0 bridgehead atoms. The second kappa shape index (κ2) is 9.39. The van der Waals surface area contributed by atoms with E-state index < -0.39 is 6.10 Å². The third-order valence-electron chi connectivity index (χ3n) is 6.84. The average molecular weight is 468 g/mol. The Balaban J connectivity index is 1.22. The Hall–Kier alpha value is -2.51. The Morgan fingerprint density at radius 3 is 2.36 bits per heavy atom. The molecule has 7 heteroatoms. The van der Waals surface area contributed by atoms with Crippen molar-refractivity contribution in [1.82, 2.24) is 14.7 Å². The van der Waals surface area contributed by atoms with Crippen molar-refractivity contribution >= 4 is 28.3 Å².